The topological polar surface area (TPSA) is 75.6 Å². The molecule has 0 aliphatic carbocycles. The van der Waals surface area contributed by atoms with Crippen LogP contribution in [0.3, 0.4) is 0 Å². The molecule has 0 bridgehead atoms. The lowest BCUT2D eigenvalue weighted by atomic mass is 10.4. The monoisotopic (exact) mass is 167 g/mol. The van der Waals surface area contributed by atoms with E-state index < -0.39 is 17.2 Å². The van der Waals surface area contributed by atoms with Crippen LogP contribution in [0.2, 0.25) is 0 Å². The number of carbonyl (C=O) groups excluding carboxylic acids is 1. The smallest absolute Gasteiger partial charge is 0.306 e. The highest BCUT2D eigenvalue weighted by atomic mass is 32.2. The maximum atomic E-state index is 10.4. The zero-order valence-corrected chi connectivity index (χ0v) is 6.31. The van der Waals surface area contributed by atoms with Crippen LogP contribution in [0.1, 0.15) is 6.42 Å². The quantitative estimate of drug-likeness (QED) is 0.428. The zero-order chi connectivity index (χ0) is 7.98. The third kappa shape index (κ3) is 5.67. The van der Waals surface area contributed by atoms with Crippen molar-refractivity contribution >= 4 is 17.2 Å². The number of nitrogens with one attached hydrogen (secondary N) is 1. The molecule has 0 amide bonds. The van der Waals surface area contributed by atoms with Crippen LogP contribution in [0.25, 0.3) is 0 Å². The molecular weight excluding hydrogens is 158 g/mol. The summed E-state index contributed by atoms with van der Waals surface area (Å²) in [6.45, 7) is 0.149. The van der Waals surface area contributed by atoms with Crippen molar-refractivity contribution in [2.24, 2.45) is 0 Å². The molecular formula is C4H9NO4S. The summed E-state index contributed by atoms with van der Waals surface area (Å²) < 4.78 is 24.5. The van der Waals surface area contributed by atoms with Crippen molar-refractivity contribution < 1.29 is 18.3 Å². The number of methoxy groups -OCH3 is 1. The average Bonchev–Trinajstić information content (AvgIpc) is 1.87. The first-order chi connectivity index (χ1) is 4.66. The van der Waals surface area contributed by atoms with Crippen molar-refractivity contribution in [2.75, 3.05) is 13.7 Å². The molecule has 0 aliphatic heterocycles. The highest BCUT2D eigenvalue weighted by molar-refractivity contribution is 7.77. The summed E-state index contributed by atoms with van der Waals surface area (Å²) in [5.41, 5.74) is 0. The molecule has 2 N–H and O–H groups in total. The Morgan fingerprint density at radius 2 is 2.40 bits per heavy atom. The van der Waals surface area contributed by atoms with E-state index in [0.717, 1.165) is 0 Å². The van der Waals surface area contributed by atoms with Gasteiger partial charge in [0.2, 0.25) is 11.3 Å². The summed E-state index contributed by atoms with van der Waals surface area (Å²) in [4.78, 5) is 10.4. The molecule has 0 heterocycles. The van der Waals surface area contributed by atoms with Crippen LogP contribution in [0, 0.1) is 0 Å². The van der Waals surface area contributed by atoms with Crippen LogP contribution in [-0.4, -0.2) is 28.4 Å². The number of rotatable bonds is 4. The minimum Gasteiger partial charge on any atom is -0.469 e. The van der Waals surface area contributed by atoms with Gasteiger partial charge in [-0.05, 0) is 0 Å². The second-order valence-electron chi connectivity index (χ2n) is 1.47. The van der Waals surface area contributed by atoms with Crippen molar-refractivity contribution in [3.8, 4) is 0 Å². The van der Waals surface area contributed by atoms with E-state index in [2.05, 4.69) is 9.46 Å². The van der Waals surface area contributed by atoms with Crippen LogP contribution in [0.4, 0.5) is 0 Å². The van der Waals surface area contributed by atoms with E-state index >= 15 is 0 Å². The average molecular weight is 167 g/mol. The van der Waals surface area contributed by atoms with Crippen molar-refractivity contribution in [3.63, 3.8) is 0 Å². The number of carbonyl (C=O) groups is 1. The molecule has 0 fully saturated rings. The number of esters is 1. The highest BCUT2D eigenvalue weighted by Crippen LogP contribution is 1.80. The van der Waals surface area contributed by atoms with Gasteiger partial charge in [0.05, 0.1) is 13.5 Å². The lowest BCUT2D eigenvalue weighted by Gasteiger charge is -1.97. The summed E-state index contributed by atoms with van der Waals surface area (Å²) in [7, 11) is 1.26. The molecule has 0 radical (unpaired) electrons. The van der Waals surface area contributed by atoms with E-state index in [0.29, 0.717) is 0 Å². The fraction of sp³-hybridized carbons (Fsp3) is 0.750. The summed E-state index contributed by atoms with van der Waals surface area (Å²) >= 11 is -2.04. The molecule has 1 unspecified atom stereocenters. The maximum Gasteiger partial charge on any atom is 0.306 e. The van der Waals surface area contributed by atoms with Gasteiger partial charge < -0.3 is 4.74 Å². The normalized spacial score (nSPS) is 12.6. The highest BCUT2D eigenvalue weighted by Gasteiger charge is 1.99. The van der Waals surface area contributed by atoms with E-state index in [1.165, 1.54) is 7.11 Å². The first-order valence-corrected chi connectivity index (χ1v) is 3.68. The Balaban J connectivity index is 3.20. The Hall–Kier alpha value is -0.460. The van der Waals surface area contributed by atoms with Gasteiger partial charge >= 0.3 is 5.97 Å². The molecule has 10 heavy (non-hydrogen) atoms. The van der Waals surface area contributed by atoms with Gasteiger partial charge in [0.25, 0.3) is 0 Å². The van der Waals surface area contributed by atoms with Gasteiger partial charge in [-0.2, -0.15) is 0 Å². The van der Waals surface area contributed by atoms with Crippen LogP contribution < -0.4 is 4.72 Å². The first kappa shape index (κ1) is 9.54. The first-order valence-electron chi connectivity index (χ1n) is 2.58. The Bertz CT molecular complexity index is 137. The molecule has 0 aromatic carbocycles. The second-order valence-corrected chi connectivity index (χ2v) is 2.26. The summed E-state index contributed by atoms with van der Waals surface area (Å²) in [5.74, 6) is -0.405. The van der Waals surface area contributed by atoms with Crippen molar-refractivity contribution in [2.45, 2.75) is 6.42 Å². The number of hydrogen-bond donors (Lipinski definition) is 2. The molecule has 0 aliphatic rings. The summed E-state index contributed by atoms with van der Waals surface area (Å²) in [6, 6.07) is 0. The van der Waals surface area contributed by atoms with Gasteiger partial charge in [-0.25, -0.2) is 8.93 Å². The fourth-order valence-electron chi connectivity index (χ4n) is 0.342. The minimum atomic E-state index is -2.04. The maximum absolute atomic E-state index is 10.4. The molecule has 6 heteroatoms. The Morgan fingerprint density at radius 3 is 2.80 bits per heavy atom. The Labute approximate surface area is 61.2 Å². The van der Waals surface area contributed by atoms with Crippen LogP contribution in [0.15, 0.2) is 0 Å². The molecule has 0 rings (SSSR count). The van der Waals surface area contributed by atoms with Gasteiger partial charge in [-0.1, -0.05) is 0 Å². The number of hydrogen-bond acceptors (Lipinski definition) is 3. The van der Waals surface area contributed by atoms with Crippen LogP contribution in [-0.2, 0) is 20.8 Å². The fourth-order valence-corrected chi connectivity index (χ4v) is 0.619. The standard InChI is InChI=1S/C4H9NO4S/c1-9-4(6)2-3-5-10(7)8/h5H,2-3H2,1H3,(H,7,8). The third-order valence-corrected chi connectivity index (χ3v) is 1.23. The van der Waals surface area contributed by atoms with Crippen LogP contribution in [0.5, 0.6) is 0 Å². The van der Waals surface area contributed by atoms with E-state index in [1.807, 2.05) is 0 Å². The predicted octanol–water partition coefficient (Wildman–Crippen LogP) is -0.724. The molecule has 0 spiro atoms. The molecule has 0 saturated carbocycles. The van der Waals surface area contributed by atoms with Gasteiger partial charge in [0.15, 0.2) is 0 Å². The summed E-state index contributed by atoms with van der Waals surface area (Å²) in [6.07, 6.45) is 0.100. The van der Waals surface area contributed by atoms with Gasteiger partial charge in [-0.15, -0.1) is 0 Å². The van der Waals surface area contributed by atoms with Crippen molar-refractivity contribution in [3.05, 3.63) is 0 Å². The van der Waals surface area contributed by atoms with E-state index in [-0.39, 0.29) is 13.0 Å². The van der Waals surface area contributed by atoms with E-state index in [9.17, 15) is 9.00 Å². The van der Waals surface area contributed by atoms with E-state index in [4.69, 9.17) is 4.55 Å². The Kier molecular flexibility index (Phi) is 5.09. The Morgan fingerprint density at radius 1 is 1.80 bits per heavy atom. The van der Waals surface area contributed by atoms with Gasteiger partial charge in [0, 0.05) is 6.54 Å². The lowest BCUT2D eigenvalue weighted by molar-refractivity contribution is -0.140. The molecule has 0 saturated heterocycles. The number of ether oxygens (including phenoxy) is 1. The molecule has 5 nitrogen and oxygen atoms in total. The van der Waals surface area contributed by atoms with Crippen molar-refractivity contribution in [1.29, 1.82) is 0 Å². The predicted molar refractivity (Wildman–Crippen MR) is 35.4 cm³/mol. The van der Waals surface area contributed by atoms with E-state index in [1.54, 1.807) is 0 Å². The molecule has 0 aromatic rings. The van der Waals surface area contributed by atoms with Crippen molar-refractivity contribution in [1.82, 2.24) is 4.72 Å². The van der Waals surface area contributed by atoms with Crippen LogP contribution >= 0.6 is 0 Å². The van der Waals surface area contributed by atoms with Gasteiger partial charge in [-0.3, -0.25) is 9.35 Å². The molecule has 60 valence electrons. The third-order valence-electron chi connectivity index (χ3n) is 0.782. The molecule has 0 aromatic heterocycles. The van der Waals surface area contributed by atoms with Gasteiger partial charge in [0.1, 0.15) is 0 Å². The largest absolute Gasteiger partial charge is 0.469 e. The SMILES string of the molecule is COC(=O)CCNS(=O)O. The summed E-state index contributed by atoms with van der Waals surface area (Å²) in [5, 5.41) is 0. The zero-order valence-electron chi connectivity index (χ0n) is 5.49. The molecule has 1 atom stereocenters. The minimum absolute atomic E-state index is 0.100. The second kappa shape index (κ2) is 5.33. The lowest BCUT2D eigenvalue weighted by Crippen LogP contribution is -2.20.